The van der Waals surface area contributed by atoms with E-state index >= 15 is 0 Å². The van der Waals surface area contributed by atoms with E-state index in [1.165, 1.54) is 0 Å². The van der Waals surface area contributed by atoms with Crippen LogP contribution in [0.5, 0.6) is 0 Å². The fourth-order valence-corrected chi connectivity index (χ4v) is 5.02. The van der Waals surface area contributed by atoms with Gasteiger partial charge in [-0.2, -0.15) is 4.31 Å². The molecule has 3 heterocycles. The highest BCUT2D eigenvalue weighted by molar-refractivity contribution is 7.89. The summed E-state index contributed by atoms with van der Waals surface area (Å²) in [4.78, 5) is 0. The Bertz CT molecular complexity index is 380. The number of fused-ring (bicyclic) bond motifs is 2. The Morgan fingerprint density at radius 1 is 1.11 bits per heavy atom. The van der Waals surface area contributed by atoms with E-state index in [2.05, 4.69) is 5.32 Å². The Morgan fingerprint density at radius 3 is 2.44 bits per heavy atom. The molecule has 0 amide bonds. The van der Waals surface area contributed by atoms with Crippen LogP contribution in [0.3, 0.4) is 0 Å². The molecule has 3 rings (SSSR count). The van der Waals surface area contributed by atoms with Crippen LogP contribution in [0.4, 0.5) is 0 Å². The molecule has 0 saturated carbocycles. The average molecular weight is 274 g/mol. The van der Waals surface area contributed by atoms with Gasteiger partial charge in [-0.25, -0.2) is 8.42 Å². The normalized spacial score (nSPS) is 37.9. The monoisotopic (exact) mass is 274 g/mol. The molecular weight excluding hydrogens is 252 g/mol. The predicted octanol–water partition coefficient (Wildman–Crippen LogP) is 0.322. The molecule has 0 aromatic carbocycles. The Hall–Kier alpha value is -0.170. The summed E-state index contributed by atoms with van der Waals surface area (Å²) in [6.07, 6.45) is 5.59. The maximum absolute atomic E-state index is 12.4. The van der Waals surface area contributed by atoms with Crippen molar-refractivity contribution in [3.8, 4) is 0 Å². The Morgan fingerprint density at radius 2 is 1.83 bits per heavy atom. The molecule has 3 aliphatic rings. The molecule has 2 bridgehead atoms. The van der Waals surface area contributed by atoms with Crippen LogP contribution in [0, 0.1) is 0 Å². The molecule has 1 N–H and O–H groups in total. The minimum Gasteiger partial charge on any atom is -0.372 e. The van der Waals surface area contributed by atoms with Gasteiger partial charge in [-0.15, -0.1) is 0 Å². The number of nitrogens with zero attached hydrogens (tertiary/aromatic N) is 1. The smallest absolute Gasteiger partial charge is 0.215 e. The highest BCUT2D eigenvalue weighted by Crippen LogP contribution is 2.28. The van der Waals surface area contributed by atoms with Gasteiger partial charge in [0.05, 0.1) is 18.0 Å². The molecule has 6 heteroatoms. The van der Waals surface area contributed by atoms with Gasteiger partial charge in [0.15, 0.2) is 0 Å². The molecule has 0 aromatic heterocycles. The molecule has 0 spiro atoms. The van der Waals surface area contributed by atoms with Crippen molar-refractivity contribution in [3.05, 3.63) is 0 Å². The molecule has 3 saturated heterocycles. The van der Waals surface area contributed by atoms with Crippen LogP contribution in [0.1, 0.15) is 32.1 Å². The maximum Gasteiger partial charge on any atom is 0.215 e. The van der Waals surface area contributed by atoms with E-state index in [-0.39, 0.29) is 24.0 Å². The summed E-state index contributed by atoms with van der Waals surface area (Å²) in [6, 6.07) is 0.143. The van der Waals surface area contributed by atoms with Crippen LogP contribution in [0.25, 0.3) is 0 Å². The van der Waals surface area contributed by atoms with Crippen LogP contribution in [-0.4, -0.2) is 56.4 Å². The summed E-state index contributed by atoms with van der Waals surface area (Å²) in [5.74, 6) is 0.256. The van der Waals surface area contributed by atoms with Crippen molar-refractivity contribution in [1.29, 1.82) is 0 Å². The van der Waals surface area contributed by atoms with Crippen LogP contribution in [0.15, 0.2) is 0 Å². The number of rotatable bonds is 3. The third kappa shape index (κ3) is 2.71. The molecule has 5 nitrogen and oxygen atoms in total. The molecular formula is C12H22N2O3S. The average Bonchev–Trinajstić information content (AvgIpc) is 2.69. The van der Waals surface area contributed by atoms with E-state index in [1.807, 2.05) is 0 Å². The summed E-state index contributed by atoms with van der Waals surface area (Å²) in [5.41, 5.74) is 0. The van der Waals surface area contributed by atoms with E-state index in [0.717, 1.165) is 38.6 Å². The van der Waals surface area contributed by atoms with Crippen molar-refractivity contribution >= 4 is 10.0 Å². The fourth-order valence-electron chi connectivity index (χ4n) is 3.23. The second kappa shape index (κ2) is 5.07. The van der Waals surface area contributed by atoms with Gasteiger partial charge in [0, 0.05) is 19.1 Å². The standard InChI is InChI=1S/C12H22N2O3S/c15-18(16,9-10-3-1-2-6-13-10)14-7-11-4-5-12(8-14)17-11/h10-13H,1-9H2. The summed E-state index contributed by atoms with van der Waals surface area (Å²) in [7, 11) is -3.12. The van der Waals surface area contributed by atoms with Gasteiger partial charge in [0.25, 0.3) is 0 Å². The van der Waals surface area contributed by atoms with Gasteiger partial charge in [-0.1, -0.05) is 6.42 Å². The first-order valence-corrected chi connectivity index (χ1v) is 8.61. The Kier molecular flexibility index (Phi) is 3.62. The van der Waals surface area contributed by atoms with Crippen LogP contribution >= 0.6 is 0 Å². The maximum atomic E-state index is 12.4. The molecule has 3 unspecified atom stereocenters. The first kappa shape index (κ1) is 12.8. The van der Waals surface area contributed by atoms with Crippen molar-refractivity contribution in [2.45, 2.75) is 50.4 Å². The van der Waals surface area contributed by atoms with Gasteiger partial charge in [0.2, 0.25) is 10.0 Å². The van der Waals surface area contributed by atoms with E-state index in [4.69, 9.17) is 4.74 Å². The van der Waals surface area contributed by atoms with Gasteiger partial charge >= 0.3 is 0 Å². The molecule has 0 radical (unpaired) electrons. The molecule has 0 aliphatic carbocycles. The first-order valence-electron chi connectivity index (χ1n) is 7.00. The van der Waals surface area contributed by atoms with Crippen molar-refractivity contribution in [1.82, 2.24) is 9.62 Å². The zero-order valence-electron chi connectivity index (χ0n) is 10.7. The number of sulfonamides is 1. The minimum atomic E-state index is -3.12. The van der Waals surface area contributed by atoms with Crippen molar-refractivity contribution < 1.29 is 13.2 Å². The third-order valence-electron chi connectivity index (χ3n) is 4.23. The Balaban J connectivity index is 1.62. The second-order valence-corrected chi connectivity index (χ2v) is 7.71. The van der Waals surface area contributed by atoms with Crippen molar-refractivity contribution in [3.63, 3.8) is 0 Å². The molecule has 3 fully saturated rings. The van der Waals surface area contributed by atoms with Crippen molar-refractivity contribution in [2.75, 3.05) is 25.4 Å². The minimum absolute atomic E-state index is 0.137. The lowest BCUT2D eigenvalue weighted by molar-refractivity contribution is -0.0115. The fraction of sp³-hybridized carbons (Fsp3) is 1.00. The summed E-state index contributed by atoms with van der Waals surface area (Å²) in [6.45, 7) is 2.08. The zero-order valence-corrected chi connectivity index (χ0v) is 11.5. The summed E-state index contributed by atoms with van der Waals surface area (Å²) in [5, 5.41) is 3.32. The van der Waals surface area contributed by atoms with Gasteiger partial charge in [-0.3, -0.25) is 0 Å². The highest BCUT2D eigenvalue weighted by atomic mass is 32.2. The van der Waals surface area contributed by atoms with E-state index in [0.29, 0.717) is 13.1 Å². The summed E-state index contributed by atoms with van der Waals surface area (Å²) < 4.78 is 32.2. The molecule has 0 aromatic rings. The van der Waals surface area contributed by atoms with Crippen LogP contribution in [-0.2, 0) is 14.8 Å². The number of hydrogen-bond donors (Lipinski definition) is 1. The predicted molar refractivity (Wildman–Crippen MR) is 68.9 cm³/mol. The van der Waals surface area contributed by atoms with Crippen LogP contribution < -0.4 is 5.32 Å². The molecule has 18 heavy (non-hydrogen) atoms. The highest BCUT2D eigenvalue weighted by Gasteiger charge is 2.39. The lowest BCUT2D eigenvalue weighted by Gasteiger charge is -2.33. The number of nitrogens with one attached hydrogen (secondary N) is 1. The van der Waals surface area contributed by atoms with Gasteiger partial charge < -0.3 is 10.1 Å². The third-order valence-corrected chi connectivity index (χ3v) is 6.14. The second-order valence-electron chi connectivity index (χ2n) is 5.70. The molecule has 104 valence electrons. The van der Waals surface area contributed by atoms with Crippen LogP contribution in [0.2, 0.25) is 0 Å². The Labute approximate surface area is 109 Å². The van der Waals surface area contributed by atoms with E-state index < -0.39 is 10.0 Å². The lowest BCUT2D eigenvalue weighted by atomic mass is 10.1. The number of hydrogen-bond acceptors (Lipinski definition) is 4. The number of ether oxygens (including phenoxy) is 1. The number of morpholine rings is 1. The molecule has 3 aliphatic heterocycles. The summed E-state index contributed by atoms with van der Waals surface area (Å²) >= 11 is 0. The zero-order chi connectivity index (χ0) is 12.6. The van der Waals surface area contributed by atoms with E-state index in [9.17, 15) is 8.42 Å². The largest absolute Gasteiger partial charge is 0.372 e. The first-order chi connectivity index (χ1) is 8.63. The quantitative estimate of drug-likeness (QED) is 0.805. The molecule has 3 atom stereocenters. The topological polar surface area (TPSA) is 58.6 Å². The van der Waals surface area contributed by atoms with E-state index in [1.54, 1.807) is 4.31 Å². The van der Waals surface area contributed by atoms with Gasteiger partial charge in [-0.05, 0) is 32.2 Å². The SMILES string of the molecule is O=S(=O)(CC1CCCCN1)N1CC2CCC(C1)O2. The number of piperidine rings is 1. The lowest BCUT2D eigenvalue weighted by Crippen LogP contribution is -2.50. The van der Waals surface area contributed by atoms with Gasteiger partial charge in [0.1, 0.15) is 0 Å². The van der Waals surface area contributed by atoms with Crippen molar-refractivity contribution in [2.24, 2.45) is 0 Å².